The van der Waals surface area contributed by atoms with Gasteiger partial charge in [-0.1, -0.05) is 17.3 Å². The Bertz CT molecular complexity index is 1470. The second-order valence-electron chi connectivity index (χ2n) is 9.97. The summed E-state index contributed by atoms with van der Waals surface area (Å²) in [6.45, 7) is 6.42. The van der Waals surface area contributed by atoms with Crippen LogP contribution in [0, 0.1) is 12.3 Å². The first kappa shape index (κ1) is 30.6. The van der Waals surface area contributed by atoms with Crippen molar-refractivity contribution in [3.63, 3.8) is 0 Å². The number of anilines is 1. The van der Waals surface area contributed by atoms with E-state index in [0.717, 1.165) is 11.3 Å². The average molecular weight is 620 g/mol. The van der Waals surface area contributed by atoms with E-state index in [0.29, 0.717) is 23.7 Å². The summed E-state index contributed by atoms with van der Waals surface area (Å²) in [5.41, 5.74) is 5.39. The average Bonchev–Trinajstić information content (AvgIpc) is 3.56. The zero-order valence-electron chi connectivity index (χ0n) is 23.4. The number of nitrogens with one attached hydrogen (secondary N) is 1. The van der Waals surface area contributed by atoms with Gasteiger partial charge in [0.05, 0.1) is 12.0 Å². The number of β-lactam (4-membered cyclic amide) rings is 1. The number of carbonyl (C=O) groups excluding carboxylic acids is 4. The fourth-order valence-electron chi connectivity index (χ4n) is 3.80. The third kappa shape index (κ3) is 6.59. The standard InChI is InChI=1S/C24H29N9O7S2/c1-12-28-30-31-32(12)8-6-7-13-9-41-20-16(27-18(34)15(29-38-5)14-10-42-23(25)26-14)19(35)33(20)17(13)21(36)39-11-40-22(37)24(2,3)4/h6-7,10,16,20H,8-9,11H2,1-5H3,(H2,25,26)(H,27,34)/b7-6+,29-15?/t16?,20-/m1/s1. The van der Waals surface area contributed by atoms with Crippen LogP contribution < -0.4 is 11.1 Å². The van der Waals surface area contributed by atoms with Crippen LogP contribution in [0.1, 0.15) is 32.3 Å². The number of oxime groups is 1. The molecule has 2 aromatic heterocycles. The summed E-state index contributed by atoms with van der Waals surface area (Å²) in [4.78, 5) is 61.8. The first-order chi connectivity index (χ1) is 19.9. The number of fused-ring (bicyclic) bond motifs is 1. The van der Waals surface area contributed by atoms with Gasteiger partial charge in [-0.3, -0.25) is 19.3 Å². The number of hydrogen-bond donors (Lipinski definition) is 2. The summed E-state index contributed by atoms with van der Waals surface area (Å²) in [6, 6.07) is -0.976. The van der Waals surface area contributed by atoms with Crippen LogP contribution in [0.25, 0.3) is 0 Å². The van der Waals surface area contributed by atoms with Crippen molar-refractivity contribution in [2.24, 2.45) is 10.6 Å². The normalized spacial score (nSPS) is 18.9. The fourth-order valence-corrected chi connectivity index (χ4v) is 5.66. The number of ether oxygens (including phenoxy) is 2. The summed E-state index contributed by atoms with van der Waals surface area (Å²) >= 11 is 2.46. The number of amides is 2. The number of carbonyl (C=O) groups is 4. The predicted molar refractivity (Wildman–Crippen MR) is 150 cm³/mol. The van der Waals surface area contributed by atoms with Gasteiger partial charge in [-0.2, -0.15) is 0 Å². The van der Waals surface area contributed by atoms with Gasteiger partial charge in [0, 0.05) is 11.1 Å². The van der Waals surface area contributed by atoms with Gasteiger partial charge in [0.25, 0.3) is 11.8 Å². The Morgan fingerprint density at radius 3 is 2.67 bits per heavy atom. The monoisotopic (exact) mass is 619 g/mol. The first-order valence-corrected chi connectivity index (χ1v) is 14.4. The Hall–Kier alpha value is -4.32. The second kappa shape index (κ2) is 12.7. The van der Waals surface area contributed by atoms with Crippen LogP contribution in [0.2, 0.25) is 0 Å². The van der Waals surface area contributed by atoms with Gasteiger partial charge in [0.15, 0.2) is 10.8 Å². The van der Waals surface area contributed by atoms with Crippen LogP contribution in [-0.4, -0.2) is 90.6 Å². The minimum atomic E-state index is -0.976. The molecule has 2 aromatic rings. The van der Waals surface area contributed by atoms with Crippen molar-refractivity contribution in [2.75, 3.05) is 25.4 Å². The van der Waals surface area contributed by atoms with E-state index in [4.69, 9.17) is 20.0 Å². The number of thioether (sulfide) groups is 1. The van der Waals surface area contributed by atoms with Gasteiger partial charge in [0.2, 0.25) is 6.79 Å². The molecule has 3 N–H and O–H groups in total. The Kier molecular flexibility index (Phi) is 9.25. The van der Waals surface area contributed by atoms with Crippen LogP contribution in [-0.2, 0) is 40.0 Å². The van der Waals surface area contributed by atoms with Gasteiger partial charge in [-0.05, 0) is 43.7 Å². The van der Waals surface area contributed by atoms with Crippen LogP contribution in [0.4, 0.5) is 5.13 Å². The Balaban J connectivity index is 1.53. The highest BCUT2D eigenvalue weighted by Gasteiger charge is 2.54. The number of nitrogens with two attached hydrogens (primary N) is 1. The van der Waals surface area contributed by atoms with Crippen molar-refractivity contribution in [3.05, 3.63) is 40.3 Å². The minimum Gasteiger partial charge on any atom is -0.427 e. The summed E-state index contributed by atoms with van der Waals surface area (Å²) < 4.78 is 11.9. The molecule has 2 aliphatic rings. The molecule has 2 atom stereocenters. The number of allylic oxidation sites excluding steroid dienone is 2. The highest BCUT2D eigenvalue weighted by atomic mass is 32.2. The van der Waals surface area contributed by atoms with E-state index in [1.165, 1.54) is 29.2 Å². The lowest BCUT2D eigenvalue weighted by molar-refractivity contribution is -0.173. The summed E-state index contributed by atoms with van der Waals surface area (Å²) in [6.07, 6.45) is 3.42. The van der Waals surface area contributed by atoms with E-state index in [1.54, 1.807) is 44.5 Å². The molecule has 18 heteroatoms. The van der Waals surface area contributed by atoms with E-state index in [2.05, 4.69) is 31.0 Å². The summed E-state index contributed by atoms with van der Waals surface area (Å²) in [5.74, 6) is -1.77. The summed E-state index contributed by atoms with van der Waals surface area (Å²) in [5, 5.41) is 18.8. The Morgan fingerprint density at radius 1 is 1.29 bits per heavy atom. The molecule has 1 unspecified atom stereocenters. The van der Waals surface area contributed by atoms with Crippen molar-refractivity contribution >= 4 is 57.7 Å². The van der Waals surface area contributed by atoms with Crippen LogP contribution in [0.5, 0.6) is 0 Å². The molecule has 1 saturated heterocycles. The Morgan fingerprint density at radius 2 is 2.05 bits per heavy atom. The lowest BCUT2D eigenvalue weighted by Gasteiger charge is -2.49. The number of thiazole rings is 1. The van der Waals surface area contributed by atoms with E-state index < -0.39 is 47.4 Å². The lowest BCUT2D eigenvalue weighted by Crippen LogP contribution is -2.71. The smallest absolute Gasteiger partial charge is 0.358 e. The molecular weight excluding hydrogens is 590 g/mol. The molecule has 1 fully saturated rings. The van der Waals surface area contributed by atoms with E-state index in [1.807, 2.05) is 0 Å². The van der Waals surface area contributed by atoms with Crippen molar-refractivity contribution < 1.29 is 33.5 Å². The van der Waals surface area contributed by atoms with Crippen LogP contribution in [0.3, 0.4) is 0 Å². The SMILES string of the molecule is CON=C(C(=O)NC1C(=O)N2C(C(=O)OCOC(=O)C(C)(C)C)=C(/C=C/Cn3nnnc3C)CS[C@H]12)c1csc(N)n1. The predicted octanol–water partition coefficient (Wildman–Crippen LogP) is 0.371. The molecule has 2 amide bonds. The van der Waals surface area contributed by atoms with Crippen molar-refractivity contribution in [1.82, 2.24) is 35.4 Å². The molecule has 2 aliphatic heterocycles. The molecule has 0 bridgehead atoms. The number of hydrogen-bond acceptors (Lipinski definition) is 15. The topological polar surface area (TPSA) is 206 Å². The van der Waals surface area contributed by atoms with E-state index in [9.17, 15) is 19.2 Å². The highest BCUT2D eigenvalue weighted by Crippen LogP contribution is 2.41. The van der Waals surface area contributed by atoms with Gasteiger partial charge < -0.3 is 25.4 Å². The molecule has 4 heterocycles. The van der Waals surface area contributed by atoms with E-state index in [-0.39, 0.29) is 22.2 Å². The minimum absolute atomic E-state index is 0.0243. The lowest BCUT2D eigenvalue weighted by atomic mass is 9.98. The van der Waals surface area contributed by atoms with Gasteiger partial charge >= 0.3 is 11.9 Å². The van der Waals surface area contributed by atoms with Gasteiger partial charge in [-0.15, -0.1) is 28.2 Å². The number of rotatable bonds is 10. The Labute approximate surface area is 248 Å². The number of aromatic nitrogens is 5. The number of esters is 2. The van der Waals surface area contributed by atoms with Crippen molar-refractivity contribution in [1.29, 1.82) is 0 Å². The summed E-state index contributed by atoms with van der Waals surface area (Å²) in [7, 11) is 1.27. The molecule has 4 rings (SSSR count). The van der Waals surface area contributed by atoms with E-state index >= 15 is 0 Å². The number of aryl methyl sites for hydroxylation is 1. The fraction of sp³-hybridized carbons (Fsp3) is 0.458. The molecule has 0 aliphatic carbocycles. The molecule has 224 valence electrons. The first-order valence-electron chi connectivity index (χ1n) is 12.5. The molecule has 0 radical (unpaired) electrons. The number of nitrogen functional groups attached to an aromatic ring is 1. The highest BCUT2D eigenvalue weighted by molar-refractivity contribution is 8.00. The quantitative estimate of drug-likeness (QED) is 0.121. The maximum absolute atomic E-state index is 13.3. The van der Waals surface area contributed by atoms with Gasteiger partial charge in [-0.25, -0.2) is 14.5 Å². The van der Waals surface area contributed by atoms with Crippen molar-refractivity contribution in [3.8, 4) is 0 Å². The third-order valence-corrected chi connectivity index (χ3v) is 7.92. The van der Waals surface area contributed by atoms with Crippen LogP contribution in [0.15, 0.2) is 34.0 Å². The molecule has 42 heavy (non-hydrogen) atoms. The molecule has 0 spiro atoms. The molecule has 0 saturated carbocycles. The zero-order valence-corrected chi connectivity index (χ0v) is 25.0. The van der Waals surface area contributed by atoms with Gasteiger partial charge in [0.1, 0.15) is 35.7 Å². The molecule has 0 aromatic carbocycles. The third-order valence-electron chi connectivity index (χ3n) is 5.94. The maximum Gasteiger partial charge on any atom is 0.358 e. The molecule has 16 nitrogen and oxygen atoms in total. The number of tetrazole rings is 1. The van der Waals surface area contributed by atoms with Crippen molar-refractivity contribution in [2.45, 2.75) is 45.7 Å². The maximum atomic E-state index is 13.3. The largest absolute Gasteiger partial charge is 0.427 e. The second-order valence-corrected chi connectivity index (χ2v) is 12.0. The number of nitrogens with zero attached hydrogens (tertiary/aromatic N) is 7. The zero-order chi connectivity index (χ0) is 30.6. The molecular formula is C24H29N9O7S2. The van der Waals surface area contributed by atoms with Crippen LogP contribution >= 0.6 is 23.1 Å².